The fourth-order valence-electron chi connectivity index (χ4n) is 1.73. The van der Waals surface area contributed by atoms with Crippen LogP contribution in [0.3, 0.4) is 0 Å². The fraction of sp³-hybridized carbons (Fsp3) is 0.429. The second kappa shape index (κ2) is 6.19. The van der Waals surface area contributed by atoms with Gasteiger partial charge in [-0.2, -0.15) is 0 Å². The molecule has 1 radical (unpaired) electrons. The first-order chi connectivity index (χ1) is 8.78. The van der Waals surface area contributed by atoms with Gasteiger partial charge in [0.1, 0.15) is 6.61 Å². The quantitative estimate of drug-likeness (QED) is 0.837. The van der Waals surface area contributed by atoms with Crippen molar-refractivity contribution in [1.82, 2.24) is 5.32 Å². The molecule has 1 fully saturated rings. The van der Waals surface area contributed by atoms with Gasteiger partial charge in [-0.1, -0.05) is 43.2 Å². The molecule has 0 spiro atoms. The van der Waals surface area contributed by atoms with E-state index in [4.69, 9.17) is 4.74 Å². The van der Waals surface area contributed by atoms with Crippen molar-refractivity contribution in [1.29, 1.82) is 0 Å². The highest BCUT2D eigenvalue weighted by atomic mass is 16.5. The molecule has 1 aromatic carbocycles. The van der Waals surface area contributed by atoms with Crippen LogP contribution in [0.25, 0.3) is 0 Å². The first kappa shape index (κ1) is 12.6. The molecule has 1 amide bonds. The zero-order valence-corrected chi connectivity index (χ0v) is 10.1. The van der Waals surface area contributed by atoms with Crippen molar-refractivity contribution in [3.05, 3.63) is 35.9 Å². The van der Waals surface area contributed by atoms with Crippen LogP contribution in [-0.2, 0) is 16.1 Å². The maximum atomic E-state index is 11.5. The monoisotopic (exact) mass is 246 g/mol. The largest absolute Gasteiger partial charge is 0.445 e. The summed E-state index contributed by atoms with van der Waals surface area (Å²) in [6, 6.07) is 8.87. The van der Waals surface area contributed by atoms with Crippen LogP contribution in [0.5, 0.6) is 0 Å². The molecule has 0 bridgehead atoms. The molecular weight excluding hydrogens is 230 g/mol. The molecule has 0 heterocycles. The first-order valence-corrected chi connectivity index (χ1v) is 6.13. The lowest BCUT2D eigenvalue weighted by molar-refractivity contribution is 0.137. The van der Waals surface area contributed by atoms with Gasteiger partial charge in [-0.25, -0.2) is 4.79 Å². The van der Waals surface area contributed by atoms with Gasteiger partial charge in [0.05, 0.1) is 6.04 Å². The van der Waals surface area contributed by atoms with Crippen molar-refractivity contribution in [3.63, 3.8) is 0 Å². The number of hydrogen-bond donors (Lipinski definition) is 1. The summed E-state index contributed by atoms with van der Waals surface area (Å²) in [5, 5.41) is 2.52. The second-order valence-electron chi connectivity index (χ2n) is 4.56. The van der Waals surface area contributed by atoms with Crippen molar-refractivity contribution in [2.24, 2.45) is 5.92 Å². The first-order valence-electron chi connectivity index (χ1n) is 6.13. The Morgan fingerprint density at radius 2 is 2.11 bits per heavy atom. The Balaban J connectivity index is 1.72. The molecule has 95 valence electrons. The van der Waals surface area contributed by atoms with Crippen LogP contribution in [0.2, 0.25) is 0 Å². The maximum absolute atomic E-state index is 11.5. The molecule has 1 N–H and O–H groups in total. The van der Waals surface area contributed by atoms with E-state index in [2.05, 4.69) is 5.32 Å². The van der Waals surface area contributed by atoms with E-state index in [1.807, 2.05) is 36.6 Å². The number of alkyl carbamates (subject to hydrolysis) is 1. The third-order valence-corrected chi connectivity index (χ3v) is 2.91. The van der Waals surface area contributed by atoms with Gasteiger partial charge in [-0.05, 0) is 17.9 Å². The predicted octanol–water partition coefficient (Wildman–Crippen LogP) is 2.19. The summed E-state index contributed by atoms with van der Waals surface area (Å²) in [5.74, 6) is 0.561. The third kappa shape index (κ3) is 4.20. The van der Waals surface area contributed by atoms with Crippen LogP contribution in [0.4, 0.5) is 4.79 Å². The normalized spacial score (nSPS) is 15.8. The summed E-state index contributed by atoms with van der Waals surface area (Å²) in [7, 11) is 0. The Bertz CT molecular complexity index is 401. The average Bonchev–Trinajstić information content (AvgIpc) is 3.21. The zero-order chi connectivity index (χ0) is 12.8. The molecule has 1 aromatic rings. The Morgan fingerprint density at radius 1 is 1.39 bits per heavy atom. The highest BCUT2D eigenvalue weighted by Gasteiger charge is 2.26. The smallest absolute Gasteiger partial charge is 0.408 e. The van der Waals surface area contributed by atoms with Crippen molar-refractivity contribution in [2.75, 3.05) is 0 Å². The Morgan fingerprint density at radius 3 is 2.72 bits per heavy atom. The predicted molar refractivity (Wildman–Crippen MR) is 66.6 cm³/mol. The lowest BCUT2D eigenvalue weighted by Crippen LogP contribution is -2.36. The van der Waals surface area contributed by atoms with E-state index < -0.39 is 12.1 Å². The molecule has 4 heteroatoms. The van der Waals surface area contributed by atoms with E-state index in [1.165, 1.54) is 0 Å². The molecule has 1 atom stereocenters. The Kier molecular flexibility index (Phi) is 4.34. The lowest BCUT2D eigenvalue weighted by atomic mass is 10.1. The van der Waals surface area contributed by atoms with E-state index in [1.54, 1.807) is 0 Å². The molecule has 1 aliphatic rings. The van der Waals surface area contributed by atoms with E-state index >= 15 is 0 Å². The number of nitrogens with one attached hydrogen (secondary N) is 1. The molecule has 18 heavy (non-hydrogen) atoms. The molecule has 1 aliphatic carbocycles. The number of hydrogen-bond acceptors (Lipinski definition) is 3. The van der Waals surface area contributed by atoms with Crippen LogP contribution in [0.15, 0.2) is 30.3 Å². The minimum Gasteiger partial charge on any atom is -0.445 e. The molecule has 0 aliphatic heterocycles. The molecule has 4 nitrogen and oxygen atoms in total. The summed E-state index contributed by atoms with van der Waals surface area (Å²) < 4.78 is 5.03. The van der Waals surface area contributed by atoms with Gasteiger partial charge in [0.15, 0.2) is 0 Å². The zero-order valence-electron chi connectivity index (χ0n) is 10.1. The van der Waals surface area contributed by atoms with Gasteiger partial charge in [-0.3, -0.25) is 4.79 Å². The summed E-state index contributed by atoms with van der Waals surface area (Å²) in [6.07, 6.45) is 4.22. The molecule has 0 aromatic heterocycles. The number of amides is 1. The topological polar surface area (TPSA) is 55.4 Å². The van der Waals surface area contributed by atoms with Crippen molar-refractivity contribution < 1.29 is 14.3 Å². The van der Waals surface area contributed by atoms with Gasteiger partial charge in [-0.15, -0.1) is 0 Å². The van der Waals surface area contributed by atoms with Gasteiger partial charge >= 0.3 is 6.09 Å². The van der Waals surface area contributed by atoms with E-state index in [9.17, 15) is 9.59 Å². The van der Waals surface area contributed by atoms with Gasteiger partial charge in [0.2, 0.25) is 6.29 Å². The summed E-state index contributed by atoms with van der Waals surface area (Å²) in [5.41, 5.74) is 0.918. The van der Waals surface area contributed by atoms with Crippen LogP contribution >= 0.6 is 0 Å². The SMILES string of the molecule is O=[C]C(CC1CC1)NC(=O)OCc1ccccc1. The minimum absolute atomic E-state index is 0.210. The van der Waals surface area contributed by atoms with Crippen molar-refractivity contribution >= 4 is 12.4 Å². The van der Waals surface area contributed by atoms with Gasteiger partial charge < -0.3 is 10.1 Å². The van der Waals surface area contributed by atoms with Crippen LogP contribution in [-0.4, -0.2) is 18.4 Å². The Labute approximate surface area is 106 Å². The average molecular weight is 246 g/mol. The number of carbonyl (C=O) groups excluding carboxylic acids is 2. The lowest BCUT2D eigenvalue weighted by Gasteiger charge is -2.11. The van der Waals surface area contributed by atoms with E-state index in [-0.39, 0.29) is 6.61 Å². The molecule has 0 saturated heterocycles. The summed E-state index contributed by atoms with van der Waals surface area (Å²) >= 11 is 0. The molecule has 1 saturated carbocycles. The maximum Gasteiger partial charge on any atom is 0.408 e. The third-order valence-electron chi connectivity index (χ3n) is 2.91. The summed E-state index contributed by atoms with van der Waals surface area (Å²) in [6.45, 7) is 0.210. The summed E-state index contributed by atoms with van der Waals surface area (Å²) in [4.78, 5) is 22.2. The van der Waals surface area contributed by atoms with Crippen molar-refractivity contribution in [2.45, 2.75) is 31.9 Å². The highest BCUT2D eigenvalue weighted by Crippen LogP contribution is 2.33. The molecule has 1 unspecified atom stereocenters. The highest BCUT2D eigenvalue weighted by molar-refractivity contribution is 5.73. The standard InChI is InChI=1S/C14H16NO3/c16-9-13(8-11-6-7-11)15-14(17)18-10-12-4-2-1-3-5-12/h1-5,11,13H,6-8,10H2,(H,15,17). The Hall–Kier alpha value is -1.84. The number of benzene rings is 1. The second-order valence-corrected chi connectivity index (χ2v) is 4.56. The van der Waals surface area contributed by atoms with Gasteiger partial charge in [0, 0.05) is 0 Å². The van der Waals surface area contributed by atoms with Crippen LogP contribution < -0.4 is 5.32 Å². The number of ether oxygens (including phenoxy) is 1. The number of rotatable bonds is 6. The van der Waals surface area contributed by atoms with E-state index in [0.29, 0.717) is 12.3 Å². The van der Waals surface area contributed by atoms with Crippen LogP contribution in [0.1, 0.15) is 24.8 Å². The fourth-order valence-corrected chi connectivity index (χ4v) is 1.73. The molecular formula is C14H16NO3. The van der Waals surface area contributed by atoms with Crippen molar-refractivity contribution in [3.8, 4) is 0 Å². The van der Waals surface area contributed by atoms with Crippen LogP contribution in [0, 0.1) is 5.92 Å². The van der Waals surface area contributed by atoms with Gasteiger partial charge in [0.25, 0.3) is 0 Å². The van der Waals surface area contributed by atoms with E-state index in [0.717, 1.165) is 18.4 Å². The minimum atomic E-state index is -0.562. The number of carbonyl (C=O) groups is 1. The molecule has 2 rings (SSSR count).